The molecule has 0 saturated heterocycles. The third-order valence-corrected chi connectivity index (χ3v) is 4.46. The molecule has 0 aromatic carbocycles. The first-order valence-electron chi connectivity index (χ1n) is 6.08. The number of esters is 1. The standard InChI is InChI=1S/C12H15N3O3S2/c1-2-18-12(17)7(13)5-19-6-9-14-8-3-4-20-10(8)11(16)15-9/h3-4,7H,2,5-6,13H2,1H3,(H,14,15,16). The van der Waals surface area contributed by atoms with E-state index in [1.807, 2.05) is 11.4 Å². The van der Waals surface area contributed by atoms with Crippen LogP contribution in [-0.2, 0) is 15.3 Å². The molecule has 1 atom stereocenters. The van der Waals surface area contributed by atoms with Crippen molar-refractivity contribution in [2.45, 2.75) is 18.7 Å². The monoisotopic (exact) mass is 313 g/mol. The van der Waals surface area contributed by atoms with Gasteiger partial charge in [0, 0.05) is 5.75 Å². The Labute approximate surface area is 123 Å². The Morgan fingerprint density at radius 1 is 1.65 bits per heavy atom. The second kappa shape index (κ2) is 6.87. The van der Waals surface area contributed by atoms with Gasteiger partial charge in [-0.05, 0) is 18.4 Å². The Morgan fingerprint density at radius 2 is 2.45 bits per heavy atom. The lowest BCUT2D eigenvalue weighted by Gasteiger charge is -2.09. The normalized spacial score (nSPS) is 12.5. The highest BCUT2D eigenvalue weighted by Gasteiger charge is 2.14. The molecule has 8 heteroatoms. The quantitative estimate of drug-likeness (QED) is 0.775. The molecule has 0 bridgehead atoms. The van der Waals surface area contributed by atoms with Gasteiger partial charge in [0.25, 0.3) is 5.56 Å². The fourth-order valence-electron chi connectivity index (χ4n) is 1.59. The van der Waals surface area contributed by atoms with Crippen molar-refractivity contribution in [1.82, 2.24) is 9.97 Å². The minimum Gasteiger partial charge on any atom is -0.465 e. The van der Waals surface area contributed by atoms with E-state index in [1.165, 1.54) is 23.1 Å². The summed E-state index contributed by atoms with van der Waals surface area (Å²) in [4.78, 5) is 30.2. The maximum absolute atomic E-state index is 11.8. The molecule has 0 saturated carbocycles. The van der Waals surface area contributed by atoms with Crippen molar-refractivity contribution in [1.29, 1.82) is 0 Å². The summed E-state index contributed by atoms with van der Waals surface area (Å²) >= 11 is 2.80. The summed E-state index contributed by atoms with van der Waals surface area (Å²) in [6, 6.07) is 1.16. The second-order valence-electron chi connectivity index (χ2n) is 4.02. The minimum atomic E-state index is -0.656. The lowest BCUT2D eigenvalue weighted by Crippen LogP contribution is -2.34. The van der Waals surface area contributed by atoms with Crippen molar-refractivity contribution in [3.05, 3.63) is 27.6 Å². The van der Waals surface area contributed by atoms with E-state index in [0.717, 1.165) is 0 Å². The molecule has 0 fully saturated rings. The number of hydrogen-bond donors (Lipinski definition) is 2. The minimum absolute atomic E-state index is 0.129. The zero-order valence-corrected chi connectivity index (χ0v) is 12.6. The predicted octanol–water partition coefficient (Wildman–Crippen LogP) is 1.11. The van der Waals surface area contributed by atoms with Crippen LogP contribution in [0.2, 0.25) is 0 Å². The highest BCUT2D eigenvalue weighted by atomic mass is 32.2. The first-order chi connectivity index (χ1) is 9.61. The number of aromatic nitrogens is 2. The number of carbonyl (C=O) groups is 1. The lowest BCUT2D eigenvalue weighted by molar-refractivity contribution is -0.144. The van der Waals surface area contributed by atoms with Crippen LogP contribution in [0.4, 0.5) is 0 Å². The predicted molar refractivity (Wildman–Crippen MR) is 81.0 cm³/mol. The van der Waals surface area contributed by atoms with Gasteiger partial charge in [0.1, 0.15) is 16.6 Å². The number of carbonyl (C=O) groups excluding carboxylic acids is 1. The number of thioether (sulfide) groups is 1. The summed E-state index contributed by atoms with van der Waals surface area (Å²) < 4.78 is 5.45. The van der Waals surface area contributed by atoms with Gasteiger partial charge in [0.05, 0.1) is 17.9 Å². The third-order valence-electron chi connectivity index (χ3n) is 2.49. The van der Waals surface area contributed by atoms with Crippen LogP contribution in [-0.4, -0.2) is 34.3 Å². The van der Waals surface area contributed by atoms with Crippen LogP contribution in [0.3, 0.4) is 0 Å². The number of nitrogens with zero attached hydrogens (tertiary/aromatic N) is 1. The summed E-state index contributed by atoms with van der Waals surface area (Å²) in [5, 5.41) is 1.83. The van der Waals surface area contributed by atoms with Gasteiger partial charge in [-0.3, -0.25) is 9.59 Å². The van der Waals surface area contributed by atoms with E-state index in [4.69, 9.17) is 10.5 Å². The molecule has 0 spiro atoms. The smallest absolute Gasteiger partial charge is 0.323 e. The van der Waals surface area contributed by atoms with E-state index in [0.29, 0.717) is 34.2 Å². The molecule has 2 aromatic heterocycles. The van der Waals surface area contributed by atoms with E-state index in [9.17, 15) is 9.59 Å². The van der Waals surface area contributed by atoms with Crippen molar-refractivity contribution < 1.29 is 9.53 Å². The van der Waals surface area contributed by atoms with Crippen LogP contribution in [0, 0.1) is 0 Å². The Bertz CT molecular complexity index is 653. The molecule has 0 aliphatic rings. The van der Waals surface area contributed by atoms with Crippen LogP contribution in [0.1, 0.15) is 12.7 Å². The molecule has 0 radical (unpaired) electrons. The maximum Gasteiger partial charge on any atom is 0.323 e. The molecule has 1 unspecified atom stereocenters. The number of thiophene rings is 1. The summed E-state index contributed by atoms with van der Waals surface area (Å²) in [7, 11) is 0. The zero-order chi connectivity index (χ0) is 14.5. The fourth-order valence-corrected chi connectivity index (χ4v) is 3.15. The number of aromatic amines is 1. The molecule has 20 heavy (non-hydrogen) atoms. The molecule has 0 amide bonds. The number of rotatable bonds is 6. The van der Waals surface area contributed by atoms with Crippen LogP contribution in [0.25, 0.3) is 10.2 Å². The highest BCUT2D eigenvalue weighted by Crippen LogP contribution is 2.16. The van der Waals surface area contributed by atoms with Crippen molar-refractivity contribution in [3.8, 4) is 0 Å². The van der Waals surface area contributed by atoms with E-state index >= 15 is 0 Å². The average molecular weight is 313 g/mol. The van der Waals surface area contributed by atoms with E-state index < -0.39 is 12.0 Å². The van der Waals surface area contributed by atoms with Gasteiger partial charge >= 0.3 is 5.97 Å². The van der Waals surface area contributed by atoms with Crippen molar-refractivity contribution in [2.75, 3.05) is 12.4 Å². The van der Waals surface area contributed by atoms with Gasteiger partial charge in [-0.15, -0.1) is 11.3 Å². The van der Waals surface area contributed by atoms with Gasteiger partial charge in [0.2, 0.25) is 0 Å². The van der Waals surface area contributed by atoms with Crippen LogP contribution in [0.15, 0.2) is 16.2 Å². The third kappa shape index (κ3) is 3.59. The Hall–Kier alpha value is -1.38. The van der Waals surface area contributed by atoms with Gasteiger partial charge in [-0.25, -0.2) is 4.98 Å². The Kier molecular flexibility index (Phi) is 5.16. The molecular weight excluding hydrogens is 298 g/mol. The molecule has 2 rings (SSSR count). The lowest BCUT2D eigenvalue weighted by atomic mass is 10.4. The molecule has 2 heterocycles. The average Bonchev–Trinajstić information content (AvgIpc) is 2.87. The second-order valence-corrected chi connectivity index (χ2v) is 5.97. The number of hydrogen-bond acceptors (Lipinski definition) is 7. The first-order valence-corrected chi connectivity index (χ1v) is 8.11. The first kappa shape index (κ1) is 15.0. The number of nitrogens with one attached hydrogen (secondary N) is 1. The van der Waals surface area contributed by atoms with Crippen molar-refractivity contribution in [3.63, 3.8) is 0 Å². The van der Waals surface area contributed by atoms with Gasteiger partial charge in [0.15, 0.2) is 0 Å². The van der Waals surface area contributed by atoms with Gasteiger partial charge < -0.3 is 15.5 Å². The molecular formula is C12H15N3O3S2. The topological polar surface area (TPSA) is 98.1 Å². The van der Waals surface area contributed by atoms with E-state index in [-0.39, 0.29) is 5.56 Å². The Morgan fingerprint density at radius 3 is 3.20 bits per heavy atom. The number of ether oxygens (including phenoxy) is 1. The molecule has 108 valence electrons. The number of nitrogens with two attached hydrogens (primary N) is 1. The van der Waals surface area contributed by atoms with E-state index in [2.05, 4.69) is 9.97 Å². The van der Waals surface area contributed by atoms with Crippen LogP contribution in [0.5, 0.6) is 0 Å². The van der Waals surface area contributed by atoms with Gasteiger partial charge in [-0.1, -0.05) is 0 Å². The molecule has 6 nitrogen and oxygen atoms in total. The summed E-state index contributed by atoms with van der Waals surface area (Å²) in [5.74, 6) is 1.09. The number of fused-ring (bicyclic) bond motifs is 1. The van der Waals surface area contributed by atoms with Crippen LogP contribution >= 0.6 is 23.1 Å². The van der Waals surface area contributed by atoms with Crippen molar-refractivity contribution in [2.24, 2.45) is 5.73 Å². The van der Waals surface area contributed by atoms with Crippen LogP contribution < -0.4 is 11.3 Å². The van der Waals surface area contributed by atoms with E-state index in [1.54, 1.807) is 6.92 Å². The fraction of sp³-hybridized carbons (Fsp3) is 0.417. The maximum atomic E-state index is 11.8. The zero-order valence-electron chi connectivity index (χ0n) is 10.9. The SMILES string of the molecule is CCOC(=O)C(N)CSCc1nc2ccsc2c(=O)[nH]1. The molecule has 3 N–H and O–H groups in total. The summed E-state index contributed by atoms with van der Waals surface area (Å²) in [5.41, 5.74) is 6.25. The summed E-state index contributed by atoms with van der Waals surface area (Å²) in [6.45, 7) is 2.06. The summed E-state index contributed by atoms with van der Waals surface area (Å²) in [6.07, 6.45) is 0. The van der Waals surface area contributed by atoms with Gasteiger partial charge in [-0.2, -0.15) is 11.8 Å². The molecule has 0 aliphatic heterocycles. The Balaban J connectivity index is 1.93. The molecule has 2 aromatic rings. The highest BCUT2D eigenvalue weighted by molar-refractivity contribution is 7.98. The molecule has 0 aliphatic carbocycles. The number of H-pyrrole nitrogens is 1. The van der Waals surface area contributed by atoms with Crippen molar-refractivity contribution >= 4 is 39.3 Å². The largest absolute Gasteiger partial charge is 0.465 e.